The molecule has 0 amide bonds. The topological polar surface area (TPSA) is 85.3 Å². The van der Waals surface area contributed by atoms with Gasteiger partial charge in [-0.25, -0.2) is 9.18 Å². The minimum Gasteiger partial charge on any atom is -0.463 e. The Morgan fingerprint density at radius 1 is 1.58 bits per heavy atom. The summed E-state index contributed by atoms with van der Waals surface area (Å²) in [6, 6.07) is 6.11. The fourth-order valence-corrected chi connectivity index (χ4v) is 2.97. The highest BCUT2D eigenvalue weighted by molar-refractivity contribution is 9.10. The molecule has 0 spiro atoms. The predicted molar refractivity (Wildman–Crippen MR) is 89.1 cm³/mol. The number of nitrogens with zero attached hydrogens (tertiary/aromatic N) is 1. The van der Waals surface area contributed by atoms with E-state index in [9.17, 15) is 14.4 Å². The van der Waals surface area contributed by atoms with Gasteiger partial charge in [0.25, 0.3) is 0 Å². The summed E-state index contributed by atoms with van der Waals surface area (Å²) in [5, 5.41) is 9.44. The van der Waals surface area contributed by atoms with E-state index < -0.39 is 17.7 Å². The molecule has 0 saturated carbocycles. The lowest BCUT2D eigenvalue weighted by Gasteiger charge is -2.27. The molecule has 1 heterocycles. The summed E-state index contributed by atoms with van der Waals surface area (Å²) in [4.78, 5) is 12.4. The van der Waals surface area contributed by atoms with Crippen molar-refractivity contribution < 1.29 is 18.7 Å². The Labute approximate surface area is 151 Å². The molecule has 2 N–H and O–H groups in total. The maximum absolute atomic E-state index is 13.5. The van der Waals surface area contributed by atoms with E-state index >= 15 is 0 Å². The highest BCUT2D eigenvalue weighted by Gasteiger charge is 2.37. The van der Waals surface area contributed by atoms with Gasteiger partial charge in [0.2, 0.25) is 5.88 Å². The minimum atomic E-state index is -0.853. The number of alkyl halides is 1. The van der Waals surface area contributed by atoms with Crippen molar-refractivity contribution in [2.45, 2.75) is 12.8 Å². The monoisotopic (exact) mass is 414 g/mol. The van der Waals surface area contributed by atoms with E-state index in [0.29, 0.717) is 5.56 Å². The number of nitriles is 1. The summed E-state index contributed by atoms with van der Waals surface area (Å²) in [5.74, 6) is -2.16. The van der Waals surface area contributed by atoms with Crippen LogP contribution in [0.25, 0.3) is 0 Å². The van der Waals surface area contributed by atoms with Gasteiger partial charge in [-0.1, -0.05) is 6.07 Å². The van der Waals surface area contributed by atoms with Gasteiger partial charge in [0, 0.05) is 0 Å². The largest absolute Gasteiger partial charge is 0.463 e. The van der Waals surface area contributed by atoms with Crippen molar-refractivity contribution in [3.63, 3.8) is 0 Å². The van der Waals surface area contributed by atoms with Gasteiger partial charge in [-0.2, -0.15) is 5.26 Å². The van der Waals surface area contributed by atoms with Crippen LogP contribution in [0, 0.1) is 17.1 Å². The number of ether oxygens (including phenoxy) is 2. The molecule has 5 nitrogen and oxygen atoms in total. The first-order valence-electron chi connectivity index (χ1n) is 6.93. The molecule has 1 aliphatic rings. The molecular formula is C16H13BrClFN2O3. The van der Waals surface area contributed by atoms with Crippen molar-refractivity contribution in [2.24, 2.45) is 5.73 Å². The normalized spacial score (nSPS) is 17.4. The second-order valence-corrected chi connectivity index (χ2v) is 5.91. The summed E-state index contributed by atoms with van der Waals surface area (Å²) >= 11 is 8.96. The summed E-state index contributed by atoms with van der Waals surface area (Å²) in [5.41, 5.74) is 6.39. The van der Waals surface area contributed by atoms with E-state index in [1.165, 1.54) is 18.2 Å². The summed E-state index contributed by atoms with van der Waals surface area (Å²) in [7, 11) is 0. The summed E-state index contributed by atoms with van der Waals surface area (Å²) in [6.07, 6.45) is 0. The van der Waals surface area contributed by atoms with Crippen LogP contribution in [-0.2, 0) is 14.3 Å². The molecule has 1 aliphatic heterocycles. The van der Waals surface area contributed by atoms with Crippen LogP contribution in [0.4, 0.5) is 4.39 Å². The third kappa shape index (κ3) is 3.40. The molecule has 0 saturated heterocycles. The third-order valence-electron chi connectivity index (χ3n) is 3.39. The van der Waals surface area contributed by atoms with E-state index in [1.54, 1.807) is 6.92 Å². The van der Waals surface area contributed by atoms with Crippen molar-refractivity contribution in [2.75, 3.05) is 12.5 Å². The van der Waals surface area contributed by atoms with E-state index in [1.807, 2.05) is 6.07 Å². The smallest absolute Gasteiger partial charge is 0.338 e. The summed E-state index contributed by atoms with van der Waals surface area (Å²) < 4.78 is 24.1. The fourth-order valence-electron chi connectivity index (χ4n) is 2.37. The van der Waals surface area contributed by atoms with Gasteiger partial charge in [-0.05, 0) is 40.5 Å². The molecule has 126 valence electrons. The fraction of sp³-hybridized carbons (Fsp3) is 0.250. The molecule has 24 heavy (non-hydrogen) atoms. The van der Waals surface area contributed by atoms with Crippen molar-refractivity contribution in [3.05, 3.63) is 56.8 Å². The van der Waals surface area contributed by atoms with Crippen molar-refractivity contribution in [3.8, 4) is 6.07 Å². The number of nitrogens with two attached hydrogens (primary N) is 1. The Bertz CT molecular complexity index is 786. The lowest BCUT2D eigenvalue weighted by molar-refractivity contribution is -0.139. The van der Waals surface area contributed by atoms with E-state index in [0.717, 1.165) is 0 Å². The Hall–Kier alpha value is -2.04. The number of hydrogen-bond acceptors (Lipinski definition) is 5. The minimum absolute atomic E-state index is 0.0328. The molecule has 0 aromatic heterocycles. The molecule has 1 aromatic carbocycles. The lowest BCUT2D eigenvalue weighted by atomic mass is 9.83. The van der Waals surface area contributed by atoms with E-state index in [4.69, 9.17) is 26.8 Å². The van der Waals surface area contributed by atoms with Crippen LogP contribution in [0.3, 0.4) is 0 Å². The predicted octanol–water partition coefficient (Wildman–Crippen LogP) is 3.45. The van der Waals surface area contributed by atoms with Gasteiger partial charge in [0.15, 0.2) is 0 Å². The molecule has 1 aromatic rings. The number of halogens is 3. The van der Waals surface area contributed by atoms with Crippen LogP contribution in [0.2, 0.25) is 0 Å². The molecule has 2 rings (SSSR count). The molecular weight excluding hydrogens is 403 g/mol. The Morgan fingerprint density at radius 2 is 2.29 bits per heavy atom. The average Bonchev–Trinajstić information content (AvgIpc) is 2.56. The van der Waals surface area contributed by atoms with Crippen molar-refractivity contribution in [1.29, 1.82) is 5.26 Å². The quantitative estimate of drug-likeness (QED) is 0.601. The van der Waals surface area contributed by atoms with Gasteiger partial charge in [0.1, 0.15) is 23.2 Å². The molecule has 1 atom stereocenters. The van der Waals surface area contributed by atoms with Crippen molar-refractivity contribution >= 4 is 33.5 Å². The first-order chi connectivity index (χ1) is 11.4. The number of hydrogen-bond donors (Lipinski definition) is 1. The molecule has 0 radical (unpaired) electrons. The average molecular weight is 416 g/mol. The van der Waals surface area contributed by atoms with Crippen LogP contribution in [0.15, 0.2) is 45.5 Å². The standard InChI is InChI=1S/C16H13BrClFN2O3/c1-2-23-16(22)14-12(6-18)24-15(21)9(7-20)13(14)8-3-4-11(19)10(17)5-8/h3-5,13H,2,6,21H2,1H3. The van der Waals surface area contributed by atoms with Gasteiger partial charge < -0.3 is 15.2 Å². The first kappa shape index (κ1) is 18.3. The van der Waals surface area contributed by atoms with Crippen LogP contribution >= 0.6 is 27.5 Å². The zero-order valence-corrected chi connectivity index (χ0v) is 14.9. The Kier molecular flexibility index (Phi) is 5.86. The van der Waals surface area contributed by atoms with Crippen LogP contribution in [0.1, 0.15) is 18.4 Å². The van der Waals surface area contributed by atoms with Gasteiger partial charge >= 0.3 is 5.97 Å². The zero-order valence-electron chi connectivity index (χ0n) is 12.6. The maximum atomic E-state index is 13.5. The number of rotatable bonds is 4. The molecule has 8 heteroatoms. The highest BCUT2D eigenvalue weighted by atomic mass is 79.9. The highest BCUT2D eigenvalue weighted by Crippen LogP contribution is 2.40. The van der Waals surface area contributed by atoms with Gasteiger partial charge in [-0.3, -0.25) is 0 Å². The molecule has 0 fully saturated rings. The van der Waals surface area contributed by atoms with E-state index in [2.05, 4.69) is 15.9 Å². The number of allylic oxidation sites excluding steroid dienone is 2. The summed E-state index contributed by atoms with van der Waals surface area (Å²) in [6.45, 7) is 1.79. The second-order valence-electron chi connectivity index (χ2n) is 4.79. The van der Waals surface area contributed by atoms with Gasteiger partial charge in [-0.15, -0.1) is 11.6 Å². The Balaban J connectivity index is 2.68. The third-order valence-corrected chi connectivity index (χ3v) is 4.24. The number of carbonyl (C=O) groups excluding carboxylic acids is 1. The zero-order chi connectivity index (χ0) is 17.9. The molecule has 0 aliphatic carbocycles. The number of benzene rings is 1. The van der Waals surface area contributed by atoms with Crippen LogP contribution in [0.5, 0.6) is 0 Å². The first-order valence-corrected chi connectivity index (χ1v) is 8.25. The molecule has 0 bridgehead atoms. The number of carbonyl (C=O) groups is 1. The second kappa shape index (κ2) is 7.69. The van der Waals surface area contributed by atoms with Crippen molar-refractivity contribution in [1.82, 2.24) is 0 Å². The number of esters is 1. The SMILES string of the molecule is CCOC(=O)C1=C(CCl)OC(N)=C(C#N)C1c1ccc(F)c(Br)c1. The Morgan fingerprint density at radius 3 is 2.83 bits per heavy atom. The van der Waals surface area contributed by atoms with Crippen LogP contribution in [-0.4, -0.2) is 18.5 Å². The van der Waals surface area contributed by atoms with Gasteiger partial charge in [0.05, 0.1) is 28.5 Å². The maximum Gasteiger partial charge on any atom is 0.338 e. The van der Waals surface area contributed by atoms with Crippen LogP contribution < -0.4 is 5.73 Å². The molecule has 1 unspecified atom stereocenters. The van der Waals surface area contributed by atoms with E-state index in [-0.39, 0.29) is 39.7 Å². The lowest BCUT2D eigenvalue weighted by Crippen LogP contribution is -2.26.